The van der Waals surface area contributed by atoms with Crippen molar-refractivity contribution in [2.75, 3.05) is 17.3 Å². The predicted octanol–water partition coefficient (Wildman–Crippen LogP) is 5.88. The molecule has 1 aliphatic rings. The molecule has 0 aliphatic carbocycles. The van der Waals surface area contributed by atoms with Gasteiger partial charge in [-0.1, -0.05) is 6.92 Å². The first-order valence-corrected chi connectivity index (χ1v) is 13.6. The molecule has 1 aliphatic heterocycles. The highest BCUT2D eigenvalue weighted by Gasteiger charge is 2.27. The lowest BCUT2D eigenvalue weighted by atomic mass is 9.91. The highest BCUT2D eigenvalue weighted by molar-refractivity contribution is 8.24. The number of hydrogen-bond acceptors (Lipinski definition) is 5. The van der Waals surface area contributed by atoms with Crippen LogP contribution in [0.2, 0.25) is 0 Å². The largest absolute Gasteiger partial charge is 0.366 e. The van der Waals surface area contributed by atoms with Gasteiger partial charge in [-0.05, 0) is 64.8 Å². The molecular weight excluding hydrogens is 424 g/mol. The fraction of sp³-hybridized carbons (Fsp3) is 0.381. The maximum atomic E-state index is 12.2. The Morgan fingerprint density at radius 2 is 2.03 bits per heavy atom. The molecule has 0 atom stereocenters. The van der Waals surface area contributed by atoms with Gasteiger partial charge >= 0.3 is 0 Å². The van der Waals surface area contributed by atoms with Crippen LogP contribution in [0.3, 0.4) is 0 Å². The number of aromatic amines is 1. The number of hydrogen-bond donors (Lipinski definition) is 4. The molecule has 1 aromatic carbocycles. The van der Waals surface area contributed by atoms with Crippen LogP contribution in [0.5, 0.6) is 0 Å². The van der Waals surface area contributed by atoms with Gasteiger partial charge in [-0.2, -0.15) is 22.4 Å². The number of thiophene rings is 1. The molecule has 5 N–H and O–H groups in total. The molecule has 29 heavy (non-hydrogen) atoms. The molecule has 156 valence electrons. The first-order chi connectivity index (χ1) is 13.9. The van der Waals surface area contributed by atoms with Gasteiger partial charge in [0.2, 0.25) is 0 Å². The topological polar surface area (TPSA) is 99.3 Å². The fourth-order valence-corrected chi connectivity index (χ4v) is 7.20. The van der Waals surface area contributed by atoms with Gasteiger partial charge in [-0.15, -0.1) is 11.3 Å². The number of rotatable bonds is 6. The Kier molecular flexibility index (Phi) is 5.99. The molecule has 1 saturated heterocycles. The van der Waals surface area contributed by atoms with Crippen LogP contribution in [0.4, 0.5) is 0 Å². The van der Waals surface area contributed by atoms with Gasteiger partial charge in [0.15, 0.2) is 0 Å². The molecule has 1 fully saturated rings. The molecule has 0 bridgehead atoms. The summed E-state index contributed by atoms with van der Waals surface area (Å²) in [6, 6.07) is 6.21. The maximum absolute atomic E-state index is 12.2. The number of carbonyl (C=O) groups is 1. The van der Waals surface area contributed by atoms with Crippen molar-refractivity contribution in [3.8, 4) is 11.1 Å². The zero-order valence-electron chi connectivity index (χ0n) is 16.3. The SMILES string of the molecule is CCSCc1cc(-c2cc(C(N)=O)c3[nH]cc(C4CCS(O)(O)CC4)c3c2)cs1. The number of fused-ring (bicyclic) bond motifs is 1. The molecule has 5 nitrogen and oxygen atoms in total. The first-order valence-electron chi connectivity index (χ1n) is 9.72. The molecule has 0 radical (unpaired) electrons. The van der Waals surface area contributed by atoms with E-state index in [0.717, 1.165) is 51.9 Å². The summed E-state index contributed by atoms with van der Waals surface area (Å²) in [6.07, 6.45) is 3.43. The Labute approximate surface area is 180 Å². The summed E-state index contributed by atoms with van der Waals surface area (Å²) in [5.74, 6) is 2.77. The lowest BCUT2D eigenvalue weighted by Gasteiger charge is -2.39. The molecule has 1 amide bonds. The van der Waals surface area contributed by atoms with Crippen molar-refractivity contribution >= 4 is 50.5 Å². The van der Waals surface area contributed by atoms with Crippen LogP contribution in [0.25, 0.3) is 22.0 Å². The summed E-state index contributed by atoms with van der Waals surface area (Å²) >= 11 is 3.64. The van der Waals surface area contributed by atoms with Gasteiger partial charge in [-0.3, -0.25) is 13.9 Å². The van der Waals surface area contributed by atoms with E-state index >= 15 is 0 Å². The second kappa shape index (κ2) is 8.35. The predicted molar refractivity (Wildman–Crippen MR) is 127 cm³/mol. The summed E-state index contributed by atoms with van der Waals surface area (Å²) in [4.78, 5) is 16.7. The number of nitrogens with two attached hydrogens (primary N) is 1. The molecule has 2 aromatic heterocycles. The Balaban J connectivity index is 1.74. The smallest absolute Gasteiger partial charge is 0.250 e. The van der Waals surface area contributed by atoms with E-state index in [0.29, 0.717) is 17.1 Å². The second-order valence-electron chi connectivity index (χ2n) is 7.48. The average Bonchev–Trinajstić information content (AvgIpc) is 3.32. The van der Waals surface area contributed by atoms with Crippen molar-refractivity contribution in [3.63, 3.8) is 0 Å². The third-order valence-electron chi connectivity index (χ3n) is 5.55. The van der Waals surface area contributed by atoms with E-state index in [-0.39, 0.29) is 5.92 Å². The summed E-state index contributed by atoms with van der Waals surface area (Å²) in [5.41, 5.74) is 10.2. The molecular formula is C21H26N2O3S3. The molecule has 0 spiro atoms. The Morgan fingerprint density at radius 3 is 2.72 bits per heavy atom. The van der Waals surface area contributed by atoms with Crippen molar-refractivity contribution in [2.45, 2.75) is 31.4 Å². The van der Waals surface area contributed by atoms with Gasteiger partial charge in [0.05, 0.1) is 11.1 Å². The molecule has 3 aromatic rings. The average molecular weight is 451 g/mol. The summed E-state index contributed by atoms with van der Waals surface area (Å²) in [7, 11) is -2.42. The van der Waals surface area contributed by atoms with Crippen LogP contribution in [-0.2, 0) is 5.75 Å². The molecule has 0 saturated carbocycles. The second-order valence-corrected chi connectivity index (χ2v) is 12.2. The normalized spacial score (nSPS) is 18.2. The summed E-state index contributed by atoms with van der Waals surface area (Å²) in [6.45, 7) is 2.16. The van der Waals surface area contributed by atoms with Crippen LogP contribution in [0.1, 0.15) is 46.5 Å². The zero-order valence-corrected chi connectivity index (χ0v) is 18.8. The zero-order chi connectivity index (χ0) is 20.6. The number of primary amides is 1. The van der Waals surface area contributed by atoms with Crippen molar-refractivity contribution < 1.29 is 13.9 Å². The number of nitrogens with one attached hydrogen (secondary N) is 1. The highest BCUT2D eigenvalue weighted by Crippen LogP contribution is 2.49. The van der Waals surface area contributed by atoms with Crippen molar-refractivity contribution in [3.05, 3.63) is 45.8 Å². The molecule has 0 unspecified atom stereocenters. The van der Waals surface area contributed by atoms with Crippen molar-refractivity contribution in [1.82, 2.24) is 4.98 Å². The van der Waals surface area contributed by atoms with Crippen LogP contribution in [-0.4, -0.2) is 37.3 Å². The van der Waals surface area contributed by atoms with Crippen molar-refractivity contribution in [2.24, 2.45) is 5.73 Å². The number of aromatic nitrogens is 1. The van der Waals surface area contributed by atoms with Crippen LogP contribution >= 0.6 is 33.7 Å². The van der Waals surface area contributed by atoms with E-state index in [9.17, 15) is 13.9 Å². The fourth-order valence-electron chi connectivity index (χ4n) is 3.98. The third-order valence-corrected chi connectivity index (χ3v) is 9.37. The number of H-pyrrole nitrogens is 1. The number of carbonyl (C=O) groups excluding carboxylic acids is 1. The van der Waals surface area contributed by atoms with Gasteiger partial charge in [0.1, 0.15) is 0 Å². The minimum atomic E-state index is -2.42. The molecule has 8 heteroatoms. The lowest BCUT2D eigenvalue weighted by Crippen LogP contribution is -2.19. The Hall–Kier alpha value is -1.45. The minimum absolute atomic E-state index is 0.249. The summed E-state index contributed by atoms with van der Waals surface area (Å²) in [5, 5.41) is 3.15. The number of amides is 1. The Bertz CT molecular complexity index is 1030. The van der Waals surface area contributed by atoms with Crippen LogP contribution in [0.15, 0.2) is 29.8 Å². The summed E-state index contributed by atoms with van der Waals surface area (Å²) < 4.78 is 19.9. The van der Waals surface area contributed by atoms with Gasteiger partial charge in [0, 0.05) is 33.7 Å². The van der Waals surface area contributed by atoms with E-state index in [1.54, 1.807) is 11.3 Å². The van der Waals surface area contributed by atoms with E-state index in [2.05, 4.69) is 29.4 Å². The van der Waals surface area contributed by atoms with Gasteiger partial charge in [-0.25, -0.2) is 0 Å². The quantitative estimate of drug-likeness (QED) is 0.377. The Morgan fingerprint density at radius 1 is 1.28 bits per heavy atom. The van der Waals surface area contributed by atoms with E-state index in [4.69, 9.17) is 5.73 Å². The number of benzene rings is 1. The number of thioether (sulfide) groups is 1. The standard InChI is InChI=1S/C21H26N2O3S3/c1-2-27-12-16-7-15(11-28-16)14-8-17-19(13-3-5-29(25,26)6-4-13)10-23-20(17)18(9-14)21(22)24/h7-11,13,23,25-26H,2-6,12H2,1H3,(H2,22,24). The lowest BCUT2D eigenvalue weighted by molar-refractivity contribution is 0.100. The van der Waals surface area contributed by atoms with Crippen LogP contribution in [0, 0.1) is 0 Å². The monoisotopic (exact) mass is 450 g/mol. The third kappa shape index (κ3) is 4.36. The first kappa shape index (κ1) is 20.8. The van der Waals surface area contributed by atoms with Gasteiger partial charge < -0.3 is 10.7 Å². The van der Waals surface area contributed by atoms with E-state index in [1.165, 1.54) is 4.88 Å². The molecule has 3 heterocycles. The van der Waals surface area contributed by atoms with Gasteiger partial charge in [0.25, 0.3) is 5.91 Å². The highest BCUT2D eigenvalue weighted by atomic mass is 32.3. The molecule has 4 rings (SSSR count). The van der Waals surface area contributed by atoms with Crippen molar-refractivity contribution in [1.29, 1.82) is 0 Å². The maximum Gasteiger partial charge on any atom is 0.250 e. The minimum Gasteiger partial charge on any atom is -0.366 e. The van der Waals surface area contributed by atoms with E-state index < -0.39 is 16.5 Å². The van der Waals surface area contributed by atoms with Crippen LogP contribution < -0.4 is 5.73 Å². The van der Waals surface area contributed by atoms with E-state index in [1.807, 2.05) is 24.0 Å².